The van der Waals surface area contributed by atoms with Crippen molar-refractivity contribution in [3.05, 3.63) is 65.0 Å². The summed E-state index contributed by atoms with van der Waals surface area (Å²) in [6.45, 7) is 8.29. The van der Waals surface area contributed by atoms with Crippen LogP contribution in [0.25, 0.3) is 22.1 Å². The van der Waals surface area contributed by atoms with Crippen LogP contribution in [0.15, 0.2) is 63.8 Å². The molecule has 0 bridgehead atoms. The van der Waals surface area contributed by atoms with Gasteiger partial charge in [0.15, 0.2) is 0 Å². The number of rotatable bonds is 13. The van der Waals surface area contributed by atoms with E-state index in [1.54, 1.807) is 6.07 Å². The number of fused-ring (bicyclic) bond motifs is 1. The molecule has 0 saturated carbocycles. The summed E-state index contributed by atoms with van der Waals surface area (Å²) >= 11 is 0. The zero-order valence-electron chi connectivity index (χ0n) is 19.4. The lowest BCUT2D eigenvalue weighted by Gasteiger charge is -2.25. The summed E-state index contributed by atoms with van der Waals surface area (Å²) < 4.78 is 23.2. The van der Waals surface area contributed by atoms with E-state index in [1.165, 1.54) is 0 Å². The van der Waals surface area contributed by atoms with Crippen molar-refractivity contribution >= 4 is 19.5 Å². The first-order valence-electron chi connectivity index (χ1n) is 11.6. The van der Waals surface area contributed by atoms with Crippen molar-refractivity contribution in [1.29, 1.82) is 0 Å². The van der Waals surface area contributed by atoms with Crippen molar-refractivity contribution in [2.24, 2.45) is 0 Å². The van der Waals surface area contributed by atoms with Crippen LogP contribution in [0, 0.1) is 0 Å². The third kappa shape index (κ3) is 6.79. The number of ether oxygens (including phenoxy) is 1. The van der Waals surface area contributed by atoms with Gasteiger partial charge in [-0.15, -0.1) is 0 Å². The summed E-state index contributed by atoms with van der Waals surface area (Å²) in [5, 5.41) is 0.881. The van der Waals surface area contributed by atoms with E-state index >= 15 is 0 Å². The molecule has 32 heavy (non-hydrogen) atoms. The van der Waals surface area contributed by atoms with Gasteiger partial charge in [0.1, 0.15) is 11.3 Å². The number of benzene rings is 2. The van der Waals surface area contributed by atoms with Crippen molar-refractivity contribution in [1.82, 2.24) is 0 Å². The largest absolute Gasteiger partial charge is 0.493 e. The van der Waals surface area contributed by atoms with Crippen LogP contribution in [-0.4, -0.2) is 28.4 Å². The highest BCUT2D eigenvalue weighted by Crippen LogP contribution is 2.25. The average molecular weight is 455 g/mol. The van der Waals surface area contributed by atoms with E-state index in [2.05, 4.69) is 6.55 Å². The Bertz CT molecular complexity index is 1030. The van der Waals surface area contributed by atoms with Gasteiger partial charge in [0, 0.05) is 24.7 Å². The number of hydrogen-bond acceptors (Lipinski definition) is 5. The molecular weight excluding hydrogens is 420 g/mol. The Labute approximate surface area is 191 Å². The second-order valence-corrected chi connectivity index (χ2v) is 11.4. The molecule has 0 unspecified atom stereocenters. The van der Waals surface area contributed by atoms with Crippen LogP contribution in [-0.2, 0) is 8.85 Å². The van der Waals surface area contributed by atoms with Gasteiger partial charge in [0.05, 0.1) is 12.2 Å². The highest BCUT2D eigenvalue weighted by atomic mass is 28.4. The molecule has 0 amide bonds. The average Bonchev–Trinajstić information content (AvgIpc) is 2.79. The summed E-state index contributed by atoms with van der Waals surface area (Å²) in [4.78, 5) is 12.4. The zero-order chi connectivity index (χ0) is 22.8. The smallest absolute Gasteiger partial charge is 0.344 e. The van der Waals surface area contributed by atoms with Crippen molar-refractivity contribution in [3.63, 3.8) is 0 Å². The highest BCUT2D eigenvalue weighted by molar-refractivity contribution is 6.66. The molecule has 0 atom stereocenters. The molecule has 172 valence electrons. The van der Waals surface area contributed by atoms with E-state index in [0.29, 0.717) is 17.8 Å². The van der Waals surface area contributed by atoms with Gasteiger partial charge in [-0.3, -0.25) is 0 Å². The Hall–Kier alpha value is -2.41. The minimum atomic E-state index is -1.99. The van der Waals surface area contributed by atoms with Crippen molar-refractivity contribution in [2.75, 3.05) is 19.8 Å². The molecule has 3 rings (SSSR count). The quantitative estimate of drug-likeness (QED) is 0.167. The molecule has 0 spiro atoms. The van der Waals surface area contributed by atoms with Gasteiger partial charge in [0.2, 0.25) is 0 Å². The maximum Gasteiger partial charge on any atom is 0.344 e. The normalized spacial score (nSPS) is 11.7. The predicted octanol–water partition coefficient (Wildman–Crippen LogP) is 6.54. The molecule has 0 aliphatic heterocycles. The molecule has 1 aromatic heterocycles. The first kappa shape index (κ1) is 24.2. The number of hydrogen-bond donors (Lipinski definition) is 0. The minimum Gasteiger partial charge on any atom is -0.493 e. The SMILES string of the molecule is CCO[Si](C)(CCCCCCOc1ccc2cc(-c3ccccc3)c(=O)oc2c1)OCC. The van der Waals surface area contributed by atoms with Crippen LogP contribution in [0.1, 0.15) is 39.5 Å². The van der Waals surface area contributed by atoms with E-state index in [-0.39, 0.29) is 5.63 Å². The Morgan fingerprint density at radius 3 is 2.31 bits per heavy atom. The summed E-state index contributed by atoms with van der Waals surface area (Å²) in [5.74, 6) is 0.723. The van der Waals surface area contributed by atoms with Crippen LogP contribution in [0.2, 0.25) is 12.6 Å². The first-order valence-corrected chi connectivity index (χ1v) is 14.1. The third-order valence-corrected chi connectivity index (χ3v) is 8.55. The van der Waals surface area contributed by atoms with Crippen LogP contribution in [0.5, 0.6) is 5.75 Å². The Morgan fingerprint density at radius 1 is 0.875 bits per heavy atom. The summed E-state index contributed by atoms with van der Waals surface area (Å²) in [6.07, 6.45) is 4.34. The fraction of sp³-hybridized carbons (Fsp3) is 0.423. The van der Waals surface area contributed by atoms with Crippen LogP contribution in [0.4, 0.5) is 0 Å². The third-order valence-electron chi connectivity index (χ3n) is 5.49. The highest BCUT2D eigenvalue weighted by Gasteiger charge is 2.29. The van der Waals surface area contributed by atoms with Crippen molar-refractivity contribution < 1.29 is 18.0 Å². The molecule has 0 aliphatic carbocycles. The van der Waals surface area contributed by atoms with Gasteiger partial charge in [0.25, 0.3) is 0 Å². The Balaban J connectivity index is 1.47. The maximum atomic E-state index is 12.4. The van der Waals surface area contributed by atoms with Crippen LogP contribution >= 0.6 is 0 Å². The fourth-order valence-electron chi connectivity index (χ4n) is 3.89. The van der Waals surface area contributed by atoms with Gasteiger partial charge in [-0.25, -0.2) is 4.79 Å². The minimum absolute atomic E-state index is 0.337. The van der Waals surface area contributed by atoms with E-state index in [9.17, 15) is 4.79 Å². The predicted molar refractivity (Wildman–Crippen MR) is 132 cm³/mol. The summed E-state index contributed by atoms with van der Waals surface area (Å²) in [5.41, 5.74) is 1.63. The van der Waals surface area contributed by atoms with Crippen LogP contribution in [0.3, 0.4) is 0 Å². The monoisotopic (exact) mass is 454 g/mol. The van der Waals surface area contributed by atoms with Gasteiger partial charge in [-0.05, 0) is 56.6 Å². The van der Waals surface area contributed by atoms with E-state index in [1.807, 2.05) is 62.4 Å². The Kier molecular flexibility index (Phi) is 9.08. The molecule has 5 nitrogen and oxygen atoms in total. The standard InChI is InChI=1S/C26H34O5Si/c1-4-29-32(3,30-5-2)18-12-7-6-11-17-28-23-16-15-22-19-24(21-13-9-8-10-14-21)26(27)31-25(22)20-23/h8-10,13-16,19-20H,4-7,11-12,17-18H2,1-3H3. The molecule has 0 saturated heterocycles. The van der Waals surface area contributed by atoms with Crippen molar-refractivity contribution in [2.45, 2.75) is 52.1 Å². The van der Waals surface area contributed by atoms with Gasteiger partial charge >= 0.3 is 14.2 Å². The Morgan fingerprint density at radius 2 is 1.59 bits per heavy atom. The van der Waals surface area contributed by atoms with Crippen molar-refractivity contribution in [3.8, 4) is 16.9 Å². The maximum absolute atomic E-state index is 12.4. The second kappa shape index (κ2) is 12.0. The first-order chi connectivity index (χ1) is 15.5. The number of unbranched alkanes of at least 4 members (excludes halogenated alkanes) is 3. The molecule has 0 radical (unpaired) electrons. The zero-order valence-corrected chi connectivity index (χ0v) is 20.4. The fourth-order valence-corrected chi connectivity index (χ4v) is 6.37. The topological polar surface area (TPSA) is 57.9 Å². The van der Waals surface area contributed by atoms with Gasteiger partial charge in [-0.1, -0.05) is 49.6 Å². The lowest BCUT2D eigenvalue weighted by atomic mass is 10.1. The molecule has 1 heterocycles. The summed E-state index contributed by atoms with van der Waals surface area (Å²) in [6, 6.07) is 18.1. The molecule has 2 aromatic carbocycles. The lowest BCUT2D eigenvalue weighted by molar-refractivity contribution is 0.188. The van der Waals surface area contributed by atoms with Crippen LogP contribution < -0.4 is 10.4 Å². The van der Waals surface area contributed by atoms with Gasteiger partial charge < -0.3 is 18.0 Å². The lowest BCUT2D eigenvalue weighted by Crippen LogP contribution is -2.38. The van der Waals surface area contributed by atoms with E-state index < -0.39 is 8.56 Å². The molecule has 0 aliphatic rings. The molecule has 3 aromatic rings. The molecular formula is C26H34O5Si. The molecule has 6 heteroatoms. The van der Waals surface area contributed by atoms with E-state index in [0.717, 1.165) is 61.6 Å². The second-order valence-electron chi connectivity index (χ2n) is 8.03. The summed E-state index contributed by atoms with van der Waals surface area (Å²) in [7, 11) is -1.99. The van der Waals surface area contributed by atoms with Gasteiger partial charge in [-0.2, -0.15) is 0 Å². The van der Waals surface area contributed by atoms with E-state index in [4.69, 9.17) is 18.0 Å². The molecule has 0 N–H and O–H groups in total. The molecule has 0 fully saturated rings.